The van der Waals surface area contributed by atoms with Gasteiger partial charge in [-0.15, -0.1) is 0 Å². The van der Waals surface area contributed by atoms with E-state index in [0.717, 1.165) is 17.5 Å². The molecule has 0 saturated carbocycles. The maximum atomic E-state index is 13.3. The van der Waals surface area contributed by atoms with Gasteiger partial charge < -0.3 is 15.0 Å². The average Bonchev–Trinajstić information content (AvgIpc) is 2.73. The number of nitrogens with one attached hydrogen (secondary N) is 1. The first-order chi connectivity index (χ1) is 14.0. The van der Waals surface area contributed by atoms with Gasteiger partial charge in [-0.1, -0.05) is 55.8 Å². The van der Waals surface area contributed by atoms with Gasteiger partial charge in [0.1, 0.15) is 11.8 Å². The van der Waals surface area contributed by atoms with Gasteiger partial charge in [0, 0.05) is 18.1 Å². The highest BCUT2D eigenvalue weighted by atomic mass is 35.5. The number of hydrogen-bond donors (Lipinski definition) is 1. The standard InChI is InChI=1S/C23H29ClN2O3/c1-4-13-25-23(28)21(5-2)26(16-17-9-8-11-19(14-17)29-3)22(27)15-18-10-6-7-12-20(18)24/h6-12,14,21H,4-5,13,15-16H2,1-3H3,(H,25,28)/t21-/m0/s1. The zero-order chi connectivity index (χ0) is 21.2. The Hall–Kier alpha value is -2.53. The summed E-state index contributed by atoms with van der Waals surface area (Å²) >= 11 is 6.25. The molecular weight excluding hydrogens is 388 g/mol. The molecule has 0 unspecified atom stereocenters. The van der Waals surface area contributed by atoms with Crippen LogP contribution < -0.4 is 10.1 Å². The summed E-state index contributed by atoms with van der Waals surface area (Å²) in [4.78, 5) is 27.7. The largest absolute Gasteiger partial charge is 0.497 e. The SMILES string of the molecule is CCCNC(=O)[C@H](CC)N(Cc1cccc(OC)c1)C(=O)Cc1ccccc1Cl. The van der Waals surface area contributed by atoms with Gasteiger partial charge in [-0.3, -0.25) is 9.59 Å². The summed E-state index contributed by atoms with van der Waals surface area (Å²) < 4.78 is 5.30. The fourth-order valence-electron chi connectivity index (χ4n) is 3.16. The number of benzene rings is 2. The molecule has 0 spiro atoms. The zero-order valence-electron chi connectivity index (χ0n) is 17.3. The van der Waals surface area contributed by atoms with E-state index >= 15 is 0 Å². The maximum Gasteiger partial charge on any atom is 0.242 e. The number of methoxy groups -OCH3 is 1. The Balaban J connectivity index is 2.30. The van der Waals surface area contributed by atoms with Crippen molar-refractivity contribution in [1.82, 2.24) is 10.2 Å². The van der Waals surface area contributed by atoms with E-state index in [-0.39, 0.29) is 18.2 Å². The molecule has 156 valence electrons. The van der Waals surface area contributed by atoms with Crippen LogP contribution in [-0.4, -0.2) is 36.4 Å². The van der Waals surface area contributed by atoms with Gasteiger partial charge >= 0.3 is 0 Å². The molecule has 0 aliphatic rings. The van der Waals surface area contributed by atoms with Crippen LogP contribution >= 0.6 is 11.6 Å². The van der Waals surface area contributed by atoms with Crippen molar-refractivity contribution in [3.63, 3.8) is 0 Å². The number of ether oxygens (including phenoxy) is 1. The summed E-state index contributed by atoms with van der Waals surface area (Å²) in [5.74, 6) is 0.439. The maximum absolute atomic E-state index is 13.3. The van der Waals surface area contributed by atoms with Crippen LogP contribution in [-0.2, 0) is 22.6 Å². The smallest absolute Gasteiger partial charge is 0.242 e. The summed E-state index contributed by atoms with van der Waals surface area (Å²) in [6, 6.07) is 14.3. The number of carbonyl (C=O) groups is 2. The van der Waals surface area contributed by atoms with Crippen LogP contribution in [0.1, 0.15) is 37.8 Å². The minimum absolute atomic E-state index is 0.134. The minimum atomic E-state index is -0.553. The predicted octanol–water partition coefficient (Wildman–Crippen LogP) is 4.22. The Kier molecular flexibility index (Phi) is 9.00. The van der Waals surface area contributed by atoms with Crippen molar-refractivity contribution in [3.05, 3.63) is 64.7 Å². The fraction of sp³-hybridized carbons (Fsp3) is 0.391. The van der Waals surface area contributed by atoms with Gasteiger partial charge in [0.05, 0.1) is 13.5 Å². The molecule has 0 aliphatic carbocycles. The number of rotatable bonds is 10. The molecule has 0 aromatic heterocycles. The average molecular weight is 417 g/mol. The predicted molar refractivity (Wildman–Crippen MR) is 116 cm³/mol. The fourth-order valence-corrected chi connectivity index (χ4v) is 3.36. The summed E-state index contributed by atoms with van der Waals surface area (Å²) in [5.41, 5.74) is 1.65. The number of carbonyl (C=O) groups excluding carboxylic acids is 2. The third kappa shape index (κ3) is 6.50. The molecule has 29 heavy (non-hydrogen) atoms. The normalized spacial score (nSPS) is 11.6. The Bertz CT molecular complexity index is 825. The molecule has 6 heteroatoms. The zero-order valence-corrected chi connectivity index (χ0v) is 18.0. The van der Waals surface area contributed by atoms with Crippen LogP contribution in [0, 0.1) is 0 Å². The molecule has 1 N–H and O–H groups in total. The number of hydrogen-bond acceptors (Lipinski definition) is 3. The van der Waals surface area contributed by atoms with Crippen LogP contribution in [0.25, 0.3) is 0 Å². The second-order valence-electron chi connectivity index (χ2n) is 6.86. The minimum Gasteiger partial charge on any atom is -0.497 e. The van der Waals surface area contributed by atoms with E-state index in [1.165, 1.54) is 0 Å². The quantitative estimate of drug-likeness (QED) is 0.630. The highest BCUT2D eigenvalue weighted by molar-refractivity contribution is 6.31. The lowest BCUT2D eigenvalue weighted by Gasteiger charge is -2.31. The van der Waals surface area contributed by atoms with Gasteiger partial charge in [0.15, 0.2) is 0 Å². The van der Waals surface area contributed by atoms with E-state index in [0.29, 0.717) is 30.3 Å². The molecule has 2 aromatic rings. The molecule has 0 bridgehead atoms. The van der Waals surface area contributed by atoms with Crippen molar-refractivity contribution < 1.29 is 14.3 Å². The number of nitrogens with zero attached hydrogens (tertiary/aromatic N) is 1. The highest BCUT2D eigenvalue weighted by Gasteiger charge is 2.28. The van der Waals surface area contributed by atoms with Gasteiger partial charge in [-0.25, -0.2) is 0 Å². The summed E-state index contributed by atoms with van der Waals surface area (Å²) in [6.45, 7) is 4.81. The molecular formula is C23H29ClN2O3. The summed E-state index contributed by atoms with van der Waals surface area (Å²) in [7, 11) is 1.60. The lowest BCUT2D eigenvalue weighted by atomic mass is 10.1. The Morgan fingerprint density at radius 2 is 1.90 bits per heavy atom. The lowest BCUT2D eigenvalue weighted by Crippen LogP contribution is -2.49. The van der Waals surface area contributed by atoms with Crippen molar-refractivity contribution >= 4 is 23.4 Å². The van der Waals surface area contributed by atoms with E-state index in [4.69, 9.17) is 16.3 Å². The second kappa shape index (κ2) is 11.5. The molecule has 0 heterocycles. The topological polar surface area (TPSA) is 58.6 Å². The van der Waals surface area contributed by atoms with Crippen molar-refractivity contribution in [2.45, 2.75) is 45.7 Å². The van der Waals surface area contributed by atoms with Crippen molar-refractivity contribution in [2.75, 3.05) is 13.7 Å². The Labute approximate surface area is 178 Å². The van der Waals surface area contributed by atoms with E-state index in [2.05, 4.69) is 5.32 Å². The van der Waals surface area contributed by atoms with Crippen LogP contribution in [0.2, 0.25) is 5.02 Å². The first-order valence-corrected chi connectivity index (χ1v) is 10.3. The molecule has 0 aliphatic heterocycles. The monoisotopic (exact) mass is 416 g/mol. The molecule has 2 rings (SSSR count). The van der Waals surface area contributed by atoms with Crippen molar-refractivity contribution in [1.29, 1.82) is 0 Å². The van der Waals surface area contributed by atoms with E-state index < -0.39 is 6.04 Å². The van der Waals surface area contributed by atoms with Crippen LogP contribution in [0.15, 0.2) is 48.5 Å². The Morgan fingerprint density at radius 1 is 1.14 bits per heavy atom. The van der Waals surface area contributed by atoms with Crippen molar-refractivity contribution in [3.8, 4) is 5.75 Å². The van der Waals surface area contributed by atoms with Crippen LogP contribution in [0.4, 0.5) is 0 Å². The van der Waals surface area contributed by atoms with E-state index in [1.807, 2.05) is 56.3 Å². The molecule has 2 amide bonds. The lowest BCUT2D eigenvalue weighted by molar-refractivity contribution is -0.140. The van der Waals surface area contributed by atoms with Gasteiger partial charge in [-0.2, -0.15) is 0 Å². The molecule has 5 nitrogen and oxygen atoms in total. The van der Waals surface area contributed by atoms with Gasteiger partial charge in [0.25, 0.3) is 0 Å². The molecule has 0 radical (unpaired) electrons. The summed E-state index contributed by atoms with van der Waals surface area (Å²) in [5, 5.41) is 3.47. The highest BCUT2D eigenvalue weighted by Crippen LogP contribution is 2.20. The number of halogens is 1. The van der Waals surface area contributed by atoms with E-state index in [1.54, 1.807) is 18.1 Å². The molecule has 2 aromatic carbocycles. The van der Waals surface area contributed by atoms with Gasteiger partial charge in [0.2, 0.25) is 11.8 Å². The second-order valence-corrected chi connectivity index (χ2v) is 7.26. The Morgan fingerprint density at radius 3 is 2.55 bits per heavy atom. The van der Waals surface area contributed by atoms with Crippen molar-refractivity contribution in [2.24, 2.45) is 0 Å². The van der Waals surface area contributed by atoms with Crippen LogP contribution in [0.5, 0.6) is 5.75 Å². The first-order valence-electron chi connectivity index (χ1n) is 9.93. The van der Waals surface area contributed by atoms with E-state index in [9.17, 15) is 9.59 Å². The third-order valence-electron chi connectivity index (χ3n) is 4.72. The first kappa shape index (κ1) is 22.8. The molecule has 0 fully saturated rings. The molecule has 0 saturated heterocycles. The number of amides is 2. The van der Waals surface area contributed by atoms with Gasteiger partial charge in [-0.05, 0) is 42.2 Å². The summed E-state index contributed by atoms with van der Waals surface area (Å²) in [6.07, 6.45) is 1.50. The van der Waals surface area contributed by atoms with Crippen LogP contribution in [0.3, 0.4) is 0 Å². The third-order valence-corrected chi connectivity index (χ3v) is 5.09. The molecule has 1 atom stereocenters.